The second-order valence-corrected chi connectivity index (χ2v) is 3.71. The molecule has 0 aromatic rings. The Morgan fingerprint density at radius 1 is 1.30 bits per heavy atom. The molecule has 0 aliphatic carbocycles. The van der Waals surface area contributed by atoms with Crippen molar-refractivity contribution in [2.75, 3.05) is 6.61 Å². The van der Waals surface area contributed by atoms with Crippen LogP contribution in [0.15, 0.2) is 0 Å². The van der Waals surface area contributed by atoms with Crippen LogP contribution < -0.4 is 11.1 Å². The first-order chi connectivity index (χ1) is 9.00. The van der Waals surface area contributed by atoms with Crippen LogP contribution in [-0.2, 0) is 19.1 Å². The fourth-order valence-electron chi connectivity index (χ4n) is 0.854. The monoisotopic (exact) mass is 302 g/mol. The Morgan fingerprint density at radius 2 is 1.80 bits per heavy atom. The lowest BCUT2D eigenvalue weighted by Crippen LogP contribution is -2.51. The van der Waals surface area contributed by atoms with Crippen LogP contribution in [0.1, 0.15) is 6.92 Å². The van der Waals surface area contributed by atoms with Gasteiger partial charge in [0.25, 0.3) is 0 Å². The van der Waals surface area contributed by atoms with Gasteiger partial charge >= 0.3 is 24.0 Å². The summed E-state index contributed by atoms with van der Waals surface area (Å²) < 4.78 is 39.9. The molecule has 0 heterocycles. The Labute approximate surface area is 110 Å². The summed E-state index contributed by atoms with van der Waals surface area (Å²) in [5, 5.41) is 18.8. The molecule has 116 valence electrons. The number of ether oxygens (including phenoxy) is 1. The van der Waals surface area contributed by atoms with Crippen LogP contribution in [0.25, 0.3) is 0 Å². The van der Waals surface area contributed by atoms with Crippen LogP contribution in [0, 0.1) is 0 Å². The molecule has 0 aromatic heterocycles. The van der Waals surface area contributed by atoms with Crippen molar-refractivity contribution < 1.29 is 42.5 Å². The number of aliphatic hydroxyl groups is 2. The molecule has 0 unspecified atom stereocenters. The van der Waals surface area contributed by atoms with E-state index >= 15 is 0 Å². The summed E-state index contributed by atoms with van der Waals surface area (Å²) in [5.74, 6) is -5.53. The first-order valence-corrected chi connectivity index (χ1v) is 5.18. The molecule has 0 fully saturated rings. The van der Waals surface area contributed by atoms with Crippen LogP contribution in [0.4, 0.5) is 13.2 Å². The minimum atomic E-state index is -5.27. The van der Waals surface area contributed by atoms with Crippen LogP contribution >= 0.6 is 0 Å². The van der Waals surface area contributed by atoms with Gasteiger partial charge in [-0.2, -0.15) is 13.2 Å². The largest absolute Gasteiger partial charge is 0.471 e. The number of halogens is 3. The van der Waals surface area contributed by atoms with Crippen molar-refractivity contribution in [3.63, 3.8) is 0 Å². The molecular weight excluding hydrogens is 289 g/mol. The minimum Gasteiger partial charge on any atom is -0.394 e. The lowest BCUT2D eigenvalue weighted by molar-refractivity contribution is -0.177. The molecule has 0 aliphatic heterocycles. The van der Waals surface area contributed by atoms with Gasteiger partial charge in [0.05, 0.1) is 12.7 Å². The Balaban J connectivity index is 4.65. The summed E-state index contributed by atoms with van der Waals surface area (Å²) in [6.45, 7) is -0.108. The van der Waals surface area contributed by atoms with Gasteiger partial charge in [-0.05, 0) is 6.92 Å². The van der Waals surface area contributed by atoms with E-state index in [4.69, 9.17) is 15.9 Å². The van der Waals surface area contributed by atoms with E-state index in [0.29, 0.717) is 0 Å². The standard InChI is InChI=1S/C9H13F3N2O6/c1-3(16)5(13)7(18)20-6(17)4(2-15)14-8(19)9(10,11)12/h3-5,15-16H,2,13H2,1H3,(H,14,19)/t3-,4+,5-/m1/s1. The SMILES string of the molecule is C[C@@H](O)[C@@H](N)C(=O)OC(=O)[C@H](CO)NC(=O)C(F)(F)F. The van der Waals surface area contributed by atoms with Gasteiger partial charge in [-0.15, -0.1) is 0 Å². The molecule has 3 atom stereocenters. The van der Waals surface area contributed by atoms with E-state index in [-0.39, 0.29) is 0 Å². The van der Waals surface area contributed by atoms with Crippen molar-refractivity contribution >= 4 is 17.8 Å². The van der Waals surface area contributed by atoms with Crippen LogP contribution in [-0.4, -0.2) is 59.0 Å². The van der Waals surface area contributed by atoms with E-state index in [9.17, 15) is 27.6 Å². The molecule has 0 spiro atoms. The van der Waals surface area contributed by atoms with Gasteiger partial charge in [0.2, 0.25) is 0 Å². The van der Waals surface area contributed by atoms with E-state index in [1.165, 1.54) is 0 Å². The average Bonchev–Trinajstić information content (AvgIpc) is 2.32. The average molecular weight is 302 g/mol. The molecule has 5 N–H and O–H groups in total. The molecule has 0 saturated heterocycles. The number of carbonyl (C=O) groups excluding carboxylic acids is 3. The second kappa shape index (κ2) is 7.17. The molecule has 0 bridgehead atoms. The molecule has 0 aliphatic rings. The van der Waals surface area contributed by atoms with Crippen molar-refractivity contribution in [1.82, 2.24) is 5.32 Å². The van der Waals surface area contributed by atoms with Crippen molar-refractivity contribution in [3.8, 4) is 0 Å². The van der Waals surface area contributed by atoms with Gasteiger partial charge in [0.15, 0.2) is 6.04 Å². The van der Waals surface area contributed by atoms with Crippen molar-refractivity contribution in [1.29, 1.82) is 0 Å². The fraction of sp³-hybridized carbons (Fsp3) is 0.667. The van der Waals surface area contributed by atoms with Crippen molar-refractivity contribution in [3.05, 3.63) is 0 Å². The highest BCUT2D eigenvalue weighted by atomic mass is 19.4. The third-order valence-corrected chi connectivity index (χ3v) is 2.02. The predicted octanol–water partition coefficient (Wildman–Crippen LogP) is -2.20. The maximum absolute atomic E-state index is 11.9. The molecule has 20 heavy (non-hydrogen) atoms. The summed E-state index contributed by atoms with van der Waals surface area (Å²) in [4.78, 5) is 33.0. The topological polar surface area (TPSA) is 139 Å². The highest BCUT2D eigenvalue weighted by molar-refractivity contribution is 5.94. The van der Waals surface area contributed by atoms with Crippen LogP contribution in [0.2, 0.25) is 0 Å². The molecule has 0 radical (unpaired) electrons. The number of amides is 1. The van der Waals surface area contributed by atoms with E-state index in [1.807, 2.05) is 0 Å². The molecule has 1 amide bonds. The number of rotatable bonds is 5. The quantitative estimate of drug-likeness (QED) is 0.334. The van der Waals surface area contributed by atoms with Crippen molar-refractivity contribution in [2.45, 2.75) is 31.3 Å². The summed E-state index contributed by atoms with van der Waals surface area (Å²) >= 11 is 0. The zero-order valence-electron chi connectivity index (χ0n) is 10.2. The maximum Gasteiger partial charge on any atom is 0.471 e. The highest BCUT2D eigenvalue weighted by Gasteiger charge is 2.41. The molecular formula is C9H13F3N2O6. The first kappa shape index (κ1) is 18.3. The predicted molar refractivity (Wildman–Crippen MR) is 55.8 cm³/mol. The smallest absolute Gasteiger partial charge is 0.394 e. The lowest BCUT2D eigenvalue weighted by Gasteiger charge is -2.17. The van der Waals surface area contributed by atoms with Crippen molar-refractivity contribution in [2.24, 2.45) is 5.73 Å². The fourth-order valence-corrected chi connectivity index (χ4v) is 0.854. The lowest BCUT2D eigenvalue weighted by atomic mass is 10.2. The molecule has 0 rings (SSSR count). The Bertz CT molecular complexity index is 384. The summed E-state index contributed by atoms with van der Waals surface area (Å²) in [6.07, 6.45) is -6.64. The number of esters is 2. The normalized spacial score (nSPS) is 15.9. The molecule has 11 heteroatoms. The first-order valence-electron chi connectivity index (χ1n) is 5.18. The number of hydrogen-bond donors (Lipinski definition) is 4. The van der Waals surface area contributed by atoms with Gasteiger partial charge in [-0.3, -0.25) is 4.79 Å². The van der Waals surface area contributed by atoms with Crippen LogP contribution in [0.3, 0.4) is 0 Å². The van der Waals surface area contributed by atoms with E-state index in [1.54, 1.807) is 0 Å². The zero-order valence-corrected chi connectivity index (χ0v) is 10.2. The number of nitrogens with one attached hydrogen (secondary N) is 1. The Morgan fingerprint density at radius 3 is 2.15 bits per heavy atom. The maximum atomic E-state index is 11.9. The second-order valence-electron chi connectivity index (χ2n) is 3.71. The van der Waals surface area contributed by atoms with Crippen LogP contribution in [0.5, 0.6) is 0 Å². The molecule has 8 nitrogen and oxygen atoms in total. The van der Waals surface area contributed by atoms with E-state index in [0.717, 1.165) is 12.2 Å². The van der Waals surface area contributed by atoms with Gasteiger partial charge in [0, 0.05) is 0 Å². The summed E-state index contributed by atoms with van der Waals surface area (Å²) in [7, 11) is 0. The van der Waals surface area contributed by atoms with Gasteiger partial charge in [0.1, 0.15) is 6.04 Å². The van der Waals surface area contributed by atoms with Gasteiger partial charge < -0.3 is 26.0 Å². The number of carbonyl (C=O) groups is 3. The molecule has 0 aromatic carbocycles. The number of hydrogen-bond acceptors (Lipinski definition) is 7. The zero-order chi connectivity index (χ0) is 16.1. The third-order valence-electron chi connectivity index (χ3n) is 2.02. The Kier molecular flexibility index (Phi) is 6.55. The van der Waals surface area contributed by atoms with E-state index < -0.39 is 48.8 Å². The Hall–Kier alpha value is -1.72. The summed E-state index contributed by atoms with van der Waals surface area (Å²) in [6, 6.07) is -3.69. The third kappa shape index (κ3) is 5.50. The minimum absolute atomic E-state index is 1.12. The number of alkyl halides is 3. The number of aliphatic hydroxyl groups excluding tert-OH is 2. The van der Waals surface area contributed by atoms with Gasteiger partial charge in [-0.25, -0.2) is 9.59 Å². The molecule has 0 saturated carbocycles. The summed E-state index contributed by atoms with van der Waals surface area (Å²) in [5.41, 5.74) is 5.11. The highest BCUT2D eigenvalue weighted by Crippen LogP contribution is 2.14. The van der Waals surface area contributed by atoms with Gasteiger partial charge in [-0.1, -0.05) is 0 Å². The van der Waals surface area contributed by atoms with E-state index in [2.05, 4.69) is 4.74 Å². The number of nitrogens with two attached hydrogens (primary N) is 1.